The predicted molar refractivity (Wildman–Crippen MR) is 90.5 cm³/mol. The Hall–Kier alpha value is -1.76. The lowest BCUT2D eigenvalue weighted by molar-refractivity contribution is -0.00263. The number of aryl methyl sites for hydroxylation is 1. The third-order valence-electron chi connectivity index (χ3n) is 4.13. The quantitative estimate of drug-likeness (QED) is 0.852. The van der Waals surface area contributed by atoms with Crippen molar-refractivity contribution in [2.45, 2.75) is 18.8 Å². The molecule has 1 fully saturated rings. The van der Waals surface area contributed by atoms with E-state index >= 15 is 0 Å². The molecule has 1 saturated heterocycles. The van der Waals surface area contributed by atoms with E-state index < -0.39 is 10.0 Å². The van der Waals surface area contributed by atoms with Crippen LogP contribution < -0.4 is 0 Å². The number of hydrogen-bond donors (Lipinski definition) is 0. The molecule has 24 heavy (non-hydrogen) atoms. The van der Waals surface area contributed by atoms with Gasteiger partial charge in [0.05, 0.1) is 18.5 Å². The summed E-state index contributed by atoms with van der Waals surface area (Å²) in [4.78, 5) is 0. The summed E-state index contributed by atoms with van der Waals surface area (Å²) in [5.74, 6) is -0.345. The van der Waals surface area contributed by atoms with Gasteiger partial charge in [-0.25, -0.2) is 12.8 Å². The van der Waals surface area contributed by atoms with Crippen LogP contribution >= 0.6 is 0 Å². The van der Waals surface area contributed by atoms with Crippen molar-refractivity contribution >= 4 is 10.0 Å². The normalized spacial score (nSPS) is 19.3. The highest BCUT2D eigenvalue weighted by molar-refractivity contribution is 7.88. The number of rotatable bonds is 4. The Morgan fingerprint density at radius 1 is 1.12 bits per heavy atom. The summed E-state index contributed by atoms with van der Waals surface area (Å²) in [6.07, 6.45) is -0.368. The Kier molecular flexibility index (Phi) is 4.99. The maximum absolute atomic E-state index is 13.0. The number of nitrogens with zero attached hydrogens (tertiary/aromatic N) is 1. The van der Waals surface area contributed by atoms with Gasteiger partial charge in [-0.2, -0.15) is 4.31 Å². The van der Waals surface area contributed by atoms with Crippen LogP contribution in [0.5, 0.6) is 0 Å². The van der Waals surface area contributed by atoms with Gasteiger partial charge in [0.15, 0.2) is 0 Å². The monoisotopic (exact) mass is 349 g/mol. The zero-order valence-electron chi connectivity index (χ0n) is 13.5. The van der Waals surface area contributed by atoms with Gasteiger partial charge in [-0.1, -0.05) is 42.0 Å². The lowest BCUT2D eigenvalue weighted by Gasteiger charge is -2.32. The second-order valence-corrected chi connectivity index (χ2v) is 7.98. The minimum absolute atomic E-state index is 0.0244. The topological polar surface area (TPSA) is 46.6 Å². The van der Waals surface area contributed by atoms with Crippen molar-refractivity contribution in [1.29, 1.82) is 0 Å². The van der Waals surface area contributed by atoms with Gasteiger partial charge in [-0.05, 0) is 30.2 Å². The first kappa shape index (κ1) is 17.1. The average molecular weight is 349 g/mol. The zero-order chi connectivity index (χ0) is 17.2. The van der Waals surface area contributed by atoms with E-state index in [-0.39, 0.29) is 24.2 Å². The highest BCUT2D eigenvalue weighted by Gasteiger charge is 2.30. The molecule has 3 rings (SSSR count). The van der Waals surface area contributed by atoms with Gasteiger partial charge in [-0.15, -0.1) is 0 Å². The van der Waals surface area contributed by atoms with Crippen molar-refractivity contribution in [2.75, 3.05) is 19.7 Å². The van der Waals surface area contributed by atoms with E-state index in [0.717, 1.165) is 16.7 Å². The number of sulfonamides is 1. The Morgan fingerprint density at radius 3 is 2.46 bits per heavy atom. The maximum Gasteiger partial charge on any atom is 0.218 e. The van der Waals surface area contributed by atoms with E-state index in [1.165, 1.54) is 16.4 Å². The summed E-state index contributed by atoms with van der Waals surface area (Å²) in [6, 6.07) is 13.5. The summed E-state index contributed by atoms with van der Waals surface area (Å²) in [5.41, 5.74) is 2.65. The van der Waals surface area contributed by atoms with Gasteiger partial charge >= 0.3 is 0 Å². The van der Waals surface area contributed by atoms with Crippen LogP contribution in [-0.4, -0.2) is 32.4 Å². The van der Waals surface area contributed by atoms with Crippen molar-refractivity contribution < 1.29 is 17.5 Å². The van der Waals surface area contributed by atoms with Crippen LogP contribution in [0.15, 0.2) is 48.5 Å². The van der Waals surface area contributed by atoms with Crippen molar-refractivity contribution in [1.82, 2.24) is 4.31 Å². The fraction of sp³-hybridized carbons (Fsp3) is 0.333. The largest absolute Gasteiger partial charge is 0.371 e. The molecule has 0 aliphatic carbocycles. The van der Waals surface area contributed by atoms with Crippen LogP contribution in [0.3, 0.4) is 0 Å². The molecule has 1 atom stereocenters. The van der Waals surface area contributed by atoms with Gasteiger partial charge in [-0.3, -0.25) is 0 Å². The van der Waals surface area contributed by atoms with Crippen LogP contribution in [0.25, 0.3) is 0 Å². The van der Waals surface area contributed by atoms with E-state index in [0.29, 0.717) is 13.2 Å². The summed E-state index contributed by atoms with van der Waals surface area (Å²) in [6.45, 7) is 2.88. The van der Waals surface area contributed by atoms with Crippen LogP contribution in [0.2, 0.25) is 0 Å². The van der Waals surface area contributed by atoms with Crippen molar-refractivity contribution in [3.05, 3.63) is 71.0 Å². The van der Waals surface area contributed by atoms with Crippen molar-refractivity contribution in [3.8, 4) is 0 Å². The SMILES string of the molecule is Cc1ccc(CS(=O)(=O)N2CCOC(c3ccc(F)cc3)C2)cc1. The van der Waals surface area contributed by atoms with Gasteiger partial charge in [0.2, 0.25) is 10.0 Å². The van der Waals surface area contributed by atoms with Crippen LogP contribution in [0, 0.1) is 12.7 Å². The number of benzene rings is 2. The van der Waals surface area contributed by atoms with Crippen LogP contribution in [0.1, 0.15) is 22.8 Å². The molecule has 6 heteroatoms. The number of halogens is 1. The molecule has 1 aliphatic rings. The molecule has 128 valence electrons. The van der Waals surface area contributed by atoms with Gasteiger partial charge in [0.1, 0.15) is 5.82 Å². The van der Waals surface area contributed by atoms with E-state index in [1.807, 2.05) is 31.2 Å². The first-order chi connectivity index (χ1) is 11.4. The van der Waals surface area contributed by atoms with Crippen molar-refractivity contribution in [2.24, 2.45) is 0 Å². The Balaban J connectivity index is 1.73. The molecule has 4 nitrogen and oxygen atoms in total. The molecule has 1 unspecified atom stereocenters. The van der Waals surface area contributed by atoms with E-state index in [1.54, 1.807) is 12.1 Å². The minimum atomic E-state index is -3.42. The Labute approximate surface area is 141 Å². The molecular formula is C18H20FNO3S. The molecule has 0 N–H and O–H groups in total. The van der Waals surface area contributed by atoms with E-state index in [2.05, 4.69) is 0 Å². The van der Waals surface area contributed by atoms with Crippen molar-refractivity contribution in [3.63, 3.8) is 0 Å². The molecule has 2 aromatic carbocycles. The highest BCUT2D eigenvalue weighted by Crippen LogP contribution is 2.25. The molecule has 0 radical (unpaired) electrons. The average Bonchev–Trinajstić information content (AvgIpc) is 2.58. The Morgan fingerprint density at radius 2 is 1.79 bits per heavy atom. The van der Waals surface area contributed by atoms with E-state index in [4.69, 9.17) is 4.74 Å². The molecule has 0 spiro atoms. The third-order valence-corrected chi connectivity index (χ3v) is 5.95. The summed E-state index contributed by atoms with van der Waals surface area (Å²) in [7, 11) is -3.42. The lowest BCUT2D eigenvalue weighted by Crippen LogP contribution is -2.42. The van der Waals surface area contributed by atoms with Gasteiger partial charge in [0, 0.05) is 13.1 Å². The predicted octanol–water partition coefficient (Wildman–Crippen LogP) is 3.04. The molecule has 0 saturated carbocycles. The van der Waals surface area contributed by atoms with E-state index in [9.17, 15) is 12.8 Å². The standard InChI is InChI=1S/C18H20FNO3S/c1-14-2-4-15(5-3-14)13-24(21,22)20-10-11-23-18(12-20)16-6-8-17(19)9-7-16/h2-9,18H,10-13H2,1H3. The molecule has 1 aliphatic heterocycles. The molecular weight excluding hydrogens is 329 g/mol. The number of morpholine rings is 1. The first-order valence-electron chi connectivity index (χ1n) is 7.84. The second kappa shape index (κ2) is 7.01. The van der Waals surface area contributed by atoms with Gasteiger partial charge < -0.3 is 4.74 Å². The molecule has 0 aromatic heterocycles. The maximum atomic E-state index is 13.0. The number of ether oxygens (including phenoxy) is 1. The minimum Gasteiger partial charge on any atom is -0.371 e. The first-order valence-corrected chi connectivity index (χ1v) is 9.45. The molecule has 0 amide bonds. The smallest absolute Gasteiger partial charge is 0.218 e. The fourth-order valence-electron chi connectivity index (χ4n) is 2.74. The summed E-state index contributed by atoms with van der Waals surface area (Å²) >= 11 is 0. The molecule has 2 aromatic rings. The van der Waals surface area contributed by atoms with Crippen LogP contribution in [-0.2, 0) is 20.5 Å². The summed E-state index contributed by atoms with van der Waals surface area (Å²) < 4.78 is 45.5. The lowest BCUT2D eigenvalue weighted by atomic mass is 10.1. The molecule has 1 heterocycles. The van der Waals surface area contributed by atoms with Gasteiger partial charge in [0.25, 0.3) is 0 Å². The highest BCUT2D eigenvalue weighted by atomic mass is 32.2. The zero-order valence-corrected chi connectivity index (χ0v) is 14.3. The number of hydrogen-bond acceptors (Lipinski definition) is 3. The van der Waals surface area contributed by atoms with Crippen LogP contribution in [0.4, 0.5) is 4.39 Å². The second-order valence-electron chi connectivity index (χ2n) is 6.01. The fourth-order valence-corrected chi connectivity index (χ4v) is 4.26. The molecule has 0 bridgehead atoms. The Bertz CT molecular complexity index is 788. The third kappa shape index (κ3) is 4.01. The summed E-state index contributed by atoms with van der Waals surface area (Å²) in [5, 5.41) is 0.